The molecule has 1 amide bonds. The summed E-state index contributed by atoms with van der Waals surface area (Å²) >= 11 is 0. The third kappa shape index (κ3) is 6.68. The predicted octanol–water partition coefficient (Wildman–Crippen LogP) is -0.0720. The highest BCUT2D eigenvalue weighted by molar-refractivity contribution is 5.79. The van der Waals surface area contributed by atoms with Gasteiger partial charge in [0.05, 0.1) is 0 Å². The van der Waals surface area contributed by atoms with E-state index >= 15 is 0 Å². The van der Waals surface area contributed by atoms with Crippen LogP contribution in [0, 0.1) is 12.3 Å². The second-order valence-electron chi connectivity index (χ2n) is 3.10. The van der Waals surface area contributed by atoms with Crippen LogP contribution >= 0.6 is 0 Å². The Morgan fingerprint density at radius 1 is 1.50 bits per heavy atom. The van der Waals surface area contributed by atoms with Crippen molar-refractivity contribution in [1.29, 1.82) is 0 Å². The first-order valence-corrected chi connectivity index (χ1v) is 4.91. The number of carbonyl (C=O) groups is 2. The van der Waals surface area contributed by atoms with Crippen LogP contribution < -0.4 is 11.1 Å². The fraction of sp³-hybridized carbons (Fsp3) is 0.600. The van der Waals surface area contributed by atoms with Crippen LogP contribution in [0.4, 0.5) is 4.79 Å². The number of carbonyl (C=O) groups excluding carboxylic acids is 1. The summed E-state index contributed by atoms with van der Waals surface area (Å²) in [7, 11) is 0. The first-order chi connectivity index (χ1) is 7.61. The van der Waals surface area contributed by atoms with Crippen LogP contribution in [-0.4, -0.2) is 36.4 Å². The zero-order valence-corrected chi connectivity index (χ0v) is 8.94. The second kappa shape index (κ2) is 8.56. The Labute approximate surface area is 94.1 Å². The number of carboxylic acid groups (broad SMARTS) is 1. The average molecular weight is 228 g/mol. The molecule has 0 rings (SSSR count). The molecule has 0 fully saturated rings. The van der Waals surface area contributed by atoms with Gasteiger partial charge in [-0.15, -0.1) is 6.42 Å². The van der Waals surface area contributed by atoms with Gasteiger partial charge in [-0.25, -0.2) is 9.59 Å². The molecule has 0 aromatic heterocycles. The van der Waals surface area contributed by atoms with Crippen molar-refractivity contribution in [3.05, 3.63) is 0 Å². The summed E-state index contributed by atoms with van der Waals surface area (Å²) in [5.41, 5.74) is 5.28. The molecule has 0 aromatic carbocycles. The lowest BCUT2D eigenvalue weighted by molar-refractivity contribution is -0.139. The molecule has 0 saturated heterocycles. The number of hydrogen-bond acceptors (Lipinski definition) is 4. The van der Waals surface area contributed by atoms with Gasteiger partial charge in [0.25, 0.3) is 0 Å². The first kappa shape index (κ1) is 14.3. The highest BCUT2D eigenvalue weighted by Crippen LogP contribution is 2.01. The number of nitrogens with two attached hydrogens (primary N) is 1. The van der Waals surface area contributed by atoms with Crippen molar-refractivity contribution in [2.24, 2.45) is 5.73 Å². The van der Waals surface area contributed by atoms with E-state index in [4.69, 9.17) is 17.3 Å². The second-order valence-corrected chi connectivity index (χ2v) is 3.10. The smallest absolute Gasteiger partial charge is 0.408 e. The van der Waals surface area contributed by atoms with E-state index in [1.165, 1.54) is 0 Å². The van der Waals surface area contributed by atoms with Crippen molar-refractivity contribution in [3.8, 4) is 12.3 Å². The van der Waals surface area contributed by atoms with E-state index in [-0.39, 0.29) is 6.61 Å². The Bertz CT molecular complexity index is 272. The molecule has 0 bridgehead atoms. The lowest BCUT2D eigenvalue weighted by atomic mass is 10.1. The van der Waals surface area contributed by atoms with Crippen molar-refractivity contribution in [2.45, 2.75) is 25.3 Å². The number of terminal acetylenes is 1. The maximum absolute atomic E-state index is 11.0. The molecular formula is C10H16N2O4. The Balaban J connectivity index is 3.98. The number of unbranched alkanes of at least 4 members (excludes halogenated alkanes) is 1. The highest BCUT2D eigenvalue weighted by atomic mass is 16.5. The summed E-state index contributed by atoms with van der Waals surface area (Å²) in [6, 6.07) is -0.961. The molecule has 4 N–H and O–H groups in total. The van der Waals surface area contributed by atoms with Gasteiger partial charge >= 0.3 is 12.1 Å². The van der Waals surface area contributed by atoms with E-state index in [0.717, 1.165) is 0 Å². The minimum atomic E-state index is -1.10. The molecule has 16 heavy (non-hydrogen) atoms. The van der Waals surface area contributed by atoms with Gasteiger partial charge in [0, 0.05) is 0 Å². The number of nitrogens with one attached hydrogen (secondary N) is 1. The Morgan fingerprint density at radius 3 is 2.69 bits per heavy atom. The lowest BCUT2D eigenvalue weighted by Crippen LogP contribution is -2.41. The first-order valence-electron chi connectivity index (χ1n) is 4.91. The van der Waals surface area contributed by atoms with Gasteiger partial charge in [0.15, 0.2) is 6.61 Å². The minimum Gasteiger partial charge on any atom is -0.480 e. The molecule has 0 spiro atoms. The Hall–Kier alpha value is -1.74. The van der Waals surface area contributed by atoms with Crippen LogP contribution in [0.5, 0.6) is 0 Å². The number of ether oxygens (including phenoxy) is 1. The Kier molecular flexibility index (Phi) is 7.63. The minimum absolute atomic E-state index is 0.180. The summed E-state index contributed by atoms with van der Waals surface area (Å²) in [5, 5.41) is 11.0. The van der Waals surface area contributed by atoms with Crippen LogP contribution in [0.25, 0.3) is 0 Å². The van der Waals surface area contributed by atoms with Gasteiger partial charge in [0.1, 0.15) is 6.04 Å². The standard InChI is InChI=1S/C10H16N2O4/c1-2-7-16-10(15)12-8(9(13)14)5-3-4-6-11/h1,8H,3-7,11H2,(H,12,15)(H,13,14). The van der Waals surface area contributed by atoms with Gasteiger partial charge in [-0.05, 0) is 25.8 Å². The van der Waals surface area contributed by atoms with Crippen molar-refractivity contribution in [2.75, 3.05) is 13.2 Å². The molecule has 0 aromatic rings. The van der Waals surface area contributed by atoms with Gasteiger partial charge in [-0.2, -0.15) is 0 Å². The largest absolute Gasteiger partial charge is 0.480 e. The molecule has 1 atom stereocenters. The molecule has 0 aliphatic heterocycles. The molecule has 0 aliphatic rings. The molecule has 6 nitrogen and oxygen atoms in total. The third-order valence-corrected chi connectivity index (χ3v) is 1.82. The molecule has 0 heterocycles. The van der Waals surface area contributed by atoms with Crippen LogP contribution in [0.15, 0.2) is 0 Å². The molecule has 0 radical (unpaired) electrons. The van der Waals surface area contributed by atoms with E-state index in [9.17, 15) is 9.59 Å². The van der Waals surface area contributed by atoms with E-state index in [0.29, 0.717) is 25.8 Å². The van der Waals surface area contributed by atoms with Gasteiger partial charge in [-0.3, -0.25) is 0 Å². The van der Waals surface area contributed by atoms with E-state index in [1.54, 1.807) is 0 Å². The number of carboxylic acids is 1. The van der Waals surface area contributed by atoms with E-state index in [2.05, 4.69) is 16.0 Å². The van der Waals surface area contributed by atoms with Crippen molar-refractivity contribution in [3.63, 3.8) is 0 Å². The number of aliphatic carboxylic acids is 1. The van der Waals surface area contributed by atoms with Crippen LogP contribution in [0.1, 0.15) is 19.3 Å². The predicted molar refractivity (Wildman–Crippen MR) is 57.6 cm³/mol. The average Bonchev–Trinajstić information content (AvgIpc) is 2.25. The summed E-state index contributed by atoms with van der Waals surface area (Å²) < 4.78 is 4.50. The highest BCUT2D eigenvalue weighted by Gasteiger charge is 2.19. The number of amides is 1. The number of alkyl carbamates (subject to hydrolysis) is 1. The monoisotopic (exact) mass is 228 g/mol. The summed E-state index contributed by atoms with van der Waals surface area (Å²) in [4.78, 5) is 21.8. The zero-order chi connectivity index (χ0) is 12.4. The molecule has 0 aliphatic carbocycles. The fourth-order valence-corrected chi connectivity index (χ4v) is 1.04. The van der Waals surface area contributed by atoms with Crippen molar-refractivity contribution in [1.82, 2.24) is 5.32 Å². The zero-order valence-electron chi connectivity index (χ0n) is 8.94. The molecule has 0 saturated carbocycles. The normalized spacial score (nSPS) is 11.2. The summed E-state index contributed by atoms with van der Waals surface area (Å²) in [5.74, 6) is 1.00. The van der Waals surface area contributed by atoms with Crippen molar-refractivity contribution >= 4 is 12.1 Å². The third-order valence-electron chi connectivity index (χ3n) is 1.82. The number of rotatable bonds is 7. The van der Waals surface area contributed by atoms with Crippen LogP contribution in [0.3, 0.4) is 0 Å². The maximum Gasteiger partial charge on any atom is 0.408 e. The molecule has 1 unspecified atom stereocenters. The molecule has 6 heteroatoms. The summed E-state index contributed by atoms with van der Waals surface area (Å²) in [6.07, 6.45) is 5.72. The lowest BCUT2D eigenvalue weighted by Gasteiger charge is -2.13. The van der Waals surface area contributed by atoms with Crippen LogP contribution in [-0.2, 0) is 9.53 Å². The topological polar surface area (TPSA) is 102 Å². The maximum atomic E-state index is 11.0. The molecular weight excluding hydrogens is 212 g/mol. The van der Waals surface area contributed by atoms with E-state index < -0.39 is 18.1 Å². The molecule has 90 valence electrons. The quantitative estimate of drug-likeness (QED) is 0.418. The number of hydrogen-bond donors (Lipinski definition) is 3. The summed E-state index contributed by atoms with van der Waals surface area (Å²) in [6.45, 7) is 0.314. The van der Waals surface area contributed by atoms with Gasteiger partial charge in [0.2, 0.25) is 0 Å². The van der Waals surface area contributed by atoms with Gasteiger partial charge < -0.3 is 20.9 Å². The Morgan fingerprint density at radius 2 is 2.19 bits per heavy atom. The van der Waals surface area contributed by atoms with Crippen LogP contribution in [0.2, 0.25) is 0 Å². The van der Waals surface area contributed by atoms with Crippen molar-refractivity contribution < 1.29 is 19.4 Å². The SMILES string of the molecule is C#CCOC(=O)NC(CCCCN)C(=O)O. The fourth-order valence-electron chi connectivity index (χ4n) is 1.04. The van der Waals surface area contributed by atoms with Gasteiger partial charge in [-0.1, -0.05) is 5.92 Å². The van der Waals surface area contributed by atoms with E-state index in [1.807, 2.05) is 0 Å².